The Balaban J connectivity index is 1.43. The highest BCUT2D eigenvalue weighted by molar-refractivity contribution is 7.98. The van der Waals surface area contributed by atoms with Crippen molar-refractivity contribution in [3.8, 4) is 5.69 Å². The number of nitrogens with one attached hydrogen (secondary N) is 1. The van der Waals surface area contributed by atoms with E-state index in [-0.39, 0.29) is 17.9 Å². The Morgan fingerprint density at radius 2 is 1.71 bits per heavy atom. The lowest BCUT2D eigenvalue weighted by atomic mass is 10.0. The number of piperidine rings is 1. The van der Waals surface area contributed by atoms with Gasteiger partial charge in [-0.15, -0.1) is 0 Å². The Kier molecular flexibility index (Phi) is 6.42. The van der Waals surface area contributed by atoms with Crippen LogP contribution in [0.25, 0.3) is 5.69 Å². The highest BCUT2D eigenvalue weighted by Gasteiger charge is 2.28. The normalized spacial score (nSPS) is 14.5. The first-order valence-electron chi connectivity index (χ1n) is 10.4. The molecule has 1 aliphatic heterocycles. The van der Waals surface area contributed by atoms with Gasteiger partial charge in [0.05, 0.1) is 6.20 Å². The minimum absolute atomic E-state index is 0.0275. The number of amides is 2. The van der Waals surface area contributed by atoms with Gasteiger partial charge in [0.2, 0.25) is 0 Å². The van der Waals surface area contributed by atoms with Crippen molar-refractivity contribution >= 4 is 23.6 Å². The monoisotopic (exact) mass is 434 g/mol. The summed E-state index contributed by atoms with van der Waals surface area (Å²) in [4.78, 5) is 32.2. The number of benzene rings is 2. The molecule has 2 heterocycles. The van der Waals surface area contributed by atoms with Crippen LogP contribution in [0.4, 0.5) is 0 Å². The predicted octanol–water partition coefficient (Wildman–Crippen LogP) is 3.94. The summed E-state index contributed by atoms with van der Waals surface area (Å²) in [6.07, 6.45) is 5.09. The van der Waals surface area contributed by atoms with Gasteiger partial charge in [-0.05, 0) is 49.8 Å². The lowest BCUT2D eigenvalue weighted by Gasteiger charge is -2.32. The maximum atomic E-state index is 13.3. The molecule has 31 heavy (non-hydrogen) atoms. The molecule has 1 fully saturated rings. The summed E-state index contributed by atoms with van der Waals surface area (Å²) in [6.45, 7) is 3.15. The van der Waals surface area contributed by atoms with Gasteiger partial charge in [-0.1, -0.05) is 48.2 Å². The Labute approximate surface area is 186 Å². The molecular formula is C24H26N4O2S. The minimum Gasteiger partial charge on any atom is -0.349 e. The number of aromatic nitrogens is 2. The minimum atomic E-state index is -0.0466. The number of carbonyl (C=O) groups is 2. The number of thioether (sulfide) groups is 1. The summed E-state index contributed by atoms with van der Waals surface area (Å²) >= 11 is 1.52. The molecule has 160 valence electrons. The Hall–Kier alpha value is -3.06. The van der Waals surface area contributed by atoms with Crippen molar-refractivity contribution < 1.29 is 9.59 Å². The van der Waals surface area contributed by atoms with Crippen LogP contribution < -0.4 is 5.32 Å². The molecule has 0 spiro atoms. The van der Waals surface area contributed by atoms with E-state index >= 15 is 0 Å². The Morgan fingerprint density at radius 3 is 2.39 bits per heavy atom. The predicted molar refractivity (Wildman–Crippen MR) is 123 cm³/mol. The molecule has 0 saturated carbocycles. The second kappa shape index (κ2) is 9.39. The molecule has 6 nitrogen and oxygen atoms in total. The first-order valence-corrected chi connectivity index (χ1v) is 11.6. The fraction of sp³-hybridized carbons (Fsp3) is 0.292. The zero-order valence-corrected chi connectivity index (χ0v) is 18.6. The number of aryl methyl sites for hydroxylation is 1. The zero-order valence-electron chi connectivity index (χ0n) is 17.7. The third kappa shape index (κ3) is 4.51. The summed E-state index contributed by atoms with van der Waals surface area (Å²) in [5.41, 5.74) is 3.16. The number of carbonyl (C=O) groups excluding carboxylic acids is 2. The van der Waals surface area contributed by atoms with Gasteiger partial charge in [-0.25, -0.2) is 4.98 Å². The molecule has 0 radical (unpaired) electrons. The van der Waals surface area contributed by atoms with Crippen LogP contribution >= 0.6 is 11.8 Å². The molecule has 7 heteroatoms. The summed E-state index contributed by atoms with van der Waals surface area (Å²) in [6, 6.07) is 17.5. The molecule has 2 aromatic carbocycles. The van der Waals surface area contributed by atoms with Gasteiger partial charge >= 0.3 is 0 Å². The van der Waals surface area contributed by atoms with E-state index in [0.29, 0.717) is 24.3 Å². The van der Waals surface area contributed by atoms with Crippen LogP contribution in [0.5, 0.6) is 0 Å². The van der Waals surface area contributed by atoms with E-state index in [9.17, 15) is 9.59 Å². The lowest BCUT2D eigenvalue weighted by molar-refractivity contribution is 0.0689. The second-order valence-corrected chi connectivity index (χ2v) is 8.43. The van der Waals surface area contributed by atoms with E-state index < -0.39 is 0 Å². The van der Waals surface area contributed by atoms with Gasteiger partial charge in [-0.3, -0.25) is 14.2 Å². The van der Waals surface area contributed by atoms with Crippen molar-refractivity contribution in [3.63, 3.8) is 0 Å². The van der Waals surface area contributed by atoms with Crippen LogP contribution in [0.15, 0.2) is 66.0 Å². The van der Waals surface area contributed by atoms with E-state index in [4.69, 9.17) is 0 Å². The standard InChI is InChI=1S/C24H26N4O2S/c1-17-8-6-7-11-20(17)22(29)26-18-12-14-27(15-13-18)23(30)21-16-25-24(31-2)28(21)19-9-4-3-5-10-19/h3-11,16,18H,12-15H2,1-2H3,(H,26,29). The number of nitrogens with zero attached hydrogens (tertiary/aromatic N) is 3. The largest absolute Gasteiger partial charge is 0.349 e. The van der Waals surface area contributed by atoms with Crippen molar-refractivity contribution in [1.29, 1.82) is 0 Å². The highest BCUT2D eigenvalue weighted by Crippen LogP contribution is 2.24. The maximum absolute atomic E-state index is 13.3. The molecule has 4 rings (SSSR count). The molecule has 3 aromatic rings. The SMILES string of the molecule is CSc1ncc(C(=O)N2CCC(NC(=O)c3ccccc3C)CC2)n1-c1ccccc1. The van der Waals surface area contributed by atoms with Crippen molar-refractivity contribution in [3.05, 3.63) is 77.6 Å². The molecule has 2 amide bonds. The average molecular weight is 435 g/mol. The maximum Gasteiger partial charge on any atom is 0.272 e. The Morgan fingerprint density at radius 1 is 1.03 bits per heavy atom. The topological polar surface area (TPSA) is 67.2 Å². The van der Waals surface area contributed by atoms with Crippen LogP contribution in [0.2, 0.25) is 0 Å². The zero-order chi connectivity index (χ0) is 21.8. The number of para-hydroxylation sites is 1. The third-order valence-electron chi connectivity index (χ3n) is 5.65. The van der Waals surface area contributed by atoms with Crippen molar-refractivity contribution in [1.82, 2.24) is 19.8 Å². The van der Waals surface area contributed by atoms with Gasteiger partial charge < -0.3 is 10.2 Å². The molecule has 0 atom stereocenters. The van der Waals surface area contributed by atoms with Gasteiger partial charge in [0.25, 0.3) is 11.8 Å². The van der Waals surface area contributed by atoms with Crippen LogP contribution in [0.1, 0.15) is 39.3 Å². The van der Waals surface area contributed by atoms with E-state index in [1.54, 1.807) is 6.20 Å². The van der Waals surface area contributed by atoms with Gasteiger partial charge in [-0.2, -0.15) is 0 Å². The summed E-state index contributed by atoms with van der Waals surface area (Å²) < 4.78 is 1.92. The van der Waals surface area contributed by atoms with Crippen LogP contribution in [-0.4, -0.2) is 51.7 Å². The van der Waals surface area contributed by atoms with Crippen LogP contribution in [-0.2, 0) is 0 Å². The van der Waals surface area contributed by atoms with Crippen molar-refractivity contribution in [2.75, 3.05) is 19.3 Å². The Bertz CT molecular complexity index is 1070. The lowest BCUT2D eigenvalue weighted by Crippen LogP contribution is -2.47. The molecule has 0 bridgehead atoms. The highest BCUT2D eigenvalue weighted by atomic mass is 32.2. The molecule has 1 saturated heterocycles. The summed E-state index contributed by atoms with van der Waals surface area (Å²) in [7, 11) is 0. The van der Waals surface area contributed by atoms with Crippen LogP contribution in [0.3, 0.4) is 0 Å². The van der Waals surface area contributed by atoms with E-state index in [1.165, 1.54) is 11.8 Å². The third-order valence-corrected chi connectivity index (χ3v) is 6.31. The number of imidazole rings is 1. The summed E-state index contributed by atoms with van der Waals surface area (Å²) in [5, 5.41) is 3.91. The van der Waals surface area contributed by atoms with Gasteiger partial charge in [0, 0.05) is 30.4 Å². The number of hydrogen-bond donors (Lipinski definition) is 1. The molecule has 1 aromatic heterocycles. The first kappa shape index (κ1) is 21.2. The summed E-state index contributed by atoms with van der Waals surface area (Å²) in [5.74, 6) is -0.0741. The fourth-order valence-electron chi connectivity index (χ4n) is 3.94. The number of hydrogen-bond acceptors (Lipinski definition) is 4. The van der Waals surface area contributed by atoms with E-state index in [0.717, 1.165) is 29.2 Å². The fourth-order valence-corrected chi connectivity index (χ4v) is 4.48. The number of likely N-dealkylation sites (tertiary alicyclic amines) is 1. The quantitative estimate of drug-likeness (QED) is 0.618. The molecular weight excluding hydrogens is 408 g/mol. The van der Waals surface area contributed by atoms with Crippen molar-refractivity contribution in [2.24, 2.45) is 0 Å². The first-order chi connectivity index (χ1) is 15.1. The molecule has 1 aliphatic rings. The van der Waals surface area contributed by atoms with Crippen LogP contribution in [0, 0.1) is 6.92 Å². The number of rotatable bonds is 5. The smallest absolute Gasteiger partial charge is 0.272 e. The second-order valence-electron chi connectivity index (χ2n) is 7.66. The molecule has 0 unspecified atom stereocenters. The van der Waals surface area contributed by atoms with Gasteiger partial charge in [0.15, 0.2) is 5.16 Å². The molecule has 0 aliphatic carbocycles. The molecule has 1 N–H and O–H groups in total. The van der Waals surface area contributed by atoms with Crippen molar-refractivity contribution in [2.45, 2.75) is 31.0 Å². The van der Waals surface area contributed by atoms with E-state index in [1.807, 2.05) is 77.2 Å². The average Bonchev–Trinajstić information content (AvgIpc) is 3.24. The van der Waals surface area contributed by atoms with E-state index in [2.05, 4.69) is 10.3 Å². The van der Waals surface area contributed by atoms with Gasteiger partial charge in [0.1, 0.15) is 5.69 Å².